The molecule has 0 saturated heterocycles. The number of ether oxygens (including phenoxy) is 1. The van der Waals surface area contributed by atoms with Crippen LogP contribution in [0.15, 0.2) is 24.3 Å². The smallest absolute Gasteiger partial charge is 0.123 e. The van der Waals surface area contributed by atoms with Crippen molar-refractivity contribution in [1.82, 2.24) is 4.90 Å². The summed E-state index contributed by atoms with van der Waals surface area (Å²) in [5, 5.41) is 0. The van der Waals surface area contributed by atoms with Gasteiger partial charge in [0, 0.05) is 17.6 Å². The second kappa shape index (κ2) is 7.81. The van der Waals surface area contributed by atoms with E-state index < -0.39 is 0 Å². The van der Waals surface area contributed by atoms with E-state index in [2.05, 4.69) is 31.0 Å². The van der Waals surface area contributed by atoms with Crippen LogP contribution in [0.5, 0.6) is 5.75 Å². The number of hydrogen-bond acceptors (Lipinski definition) is 3. The second-order valence-corrected chi connectivity index (χ2v) is 6.36. The number of benzene rings is 1. The van der Waals surface area contributed by atoms with Crippen molar-refractivity contribution < 1.29 is 4.74 Å². The highest BCUT2D eigenvalue weighted by Gasteiger charge is 2.29. The van der Waals surface area contributed by atoms with Gasteiger partial charge in [0.05, 0.1) is 13.2 Å². The van der Waals surface area contributed by atoms with Crippen molar-refractivity contribution in [2.24, 2.45) is 5.73 Å². The van der Waals surface area contributed by atoms with Crippen molar-refractivity contribution in [1.29, 1.82) is 0 Å². The number of para-hydroxylation sites is 1. The first-order valence-corrected chi connectivity index (χ1v) is 8.25. The molecule has 0 radical (unpaired) electrons. The summed E-state index contributed by atoms with van der Waals surface area (Å²) in [4.78, 5) is 2.49. The Hall–Kier alpha value is -1.06. The highest BCUT2D eigenvalue weighted by molar-refractivity contribution is 5.36. The lowest BCUT2D eigenvalue weighted by atomic mass is 9.95. The van der Waals surface area contributed by atoms with Crippen LogP contribution in [-0.4, -0.2) is 31.1 Å². The van der Waals surface area contributed by atoms with Crippen molar-refractivity contribution in [3.63, 3.8) is 0 Å². The molecule has 0 aliphatic heterocycles. The van der Waals surface area contributed by atoms with Crippen LogP contribution in [0.2, 0.25) is 0 Å². The minimum absolute atomic E-state index is 0.0783. The second-order valence-electron chi connectivity index (χ2n) is 6.36. The first kappa shape index (κ1) is 16.3. The molecule has 1 saturated carbocycles. The van der Waals surface area contributed by atoms with Crippen LogP contribution < -0.4 is 10.5 Å². The quantitative estimate of drug-likeness (QED) is 0.840. The maximum Gasteiger partial charge on any atom is 0.123 e. The Morgan fingerprint density at radius 1 is 1.14 bits per heavy atom. The molecule has 3 heteroatoms. The molecule has 0 heterocycles. The molecule has 0 amide bonds. The summed E-state index contributed by atoms with van der Waals surface area (Å²) in [5.74, 6) is 0.945. The van der Waals surface area contributed by atoms with Gasteiger partial charge in [0.15, 0.2) is 0 Å². The molecule has 21 heavy (non-hydrogen) atoms. The molecule has 3 nitrogen and oxygen atoms in total. The Balaban J connectivity index is 2.25. The van der Waals surface area contributed by atoms with Gasteiger partial charge in [-0.15, -0.1) is 0 Å². The van der Waals surface area contributed by atoms with Crippen molar-refractivity contribution in [2.75, 3.05) is 14.2 Å². The molecular formula is C18H30N2O. The maximum atomic E-state index is 6.34. The predicted octanol–water partition coefficient (Wildman–Crippen LogP) is 3.74. The van der Waals surface area contributed by atoms with Crippen molar-refractivity contribution in [3.05, 3.63) is 29.8 Å². The van der Waals surface area contributed by atoms with E-state index in [0.717, 1.165) is 5.75 Å². The van der Waals surface area contributed by atoms with Crippen LogP contribution >= 0.6 is 0 Å². The zero-order valence-electron chi connectivity index (χ0n) is 13.7. The molecule has 0 bridgehead atoms. The molecule has 1 aliphatic rings. The Labute approximate surface area is 129 Å². The van der Waals surface area contributed by atoms with E-state index in [-0.39, 0.29) is 12.1 Å². The third-order valence-corrected chi connectivity index (χ3v) is 4.80. The summed E-state index contributed by atoms with van der Waals surface area (Å²) in [5.41, 5.74) is 7.55. The van der Waals surface area contributed by atoms with Crippen LogP contribution in [-0.2, 0) is 0 Å². The van der Waals surface area contributed by atoms with E-state index in [0.29, 0.717) is 6.04 Å². The fraction of sp³-hybridized carbons (Fsp3) is 0.667. The summed E-state index contributed by atoms with van der Waals surface area (Å²) in [6.07, 6.45) is 8.01. The van der Waals surface area contributed by atoms with Gasteiger partial charge in [-0.2, -0.15) is 0 Å². The molecule has 118 valence electrons. The normalized spacial score (nSPS) is 20.0. The number of nitrogens with two attached hydrogens (primary N) is 1. The Kier molecular flexibility index (Phi) is 6.07. The summed E-state index contributed by atoms with van der Waals surface area (Å²) in [6, 6.07) is 9.21. The summed E-state index contributed by atoms with van der Waals surface area (Å²) in [7, 11) is 3.97. The third-order valence-electron chi connectivity index (χ3n) is 4.80. The van der Waals surface area contributed by atoms with Crippen molar-refractivity contribution in [3.8, 4) is 5.75 Å². The largest absolute Gasteiger partial charge is 0.496 e. The van der Waals surface area contributed by atoms with Crippen molar-refractivity contribution in [2.45, 2.75) is 63.6 Å². The molecule has 1 fully saturated rings. The van der Waals surface area contributed by atoms with Gasteiger partial charge < -0.3 is 10.5 Å². The Bertz CT molecular complexity index is 425. The van der Waals surface area contributed by atoms with Crippen LogP contribution in [0, 0.1) is 0 Å². The monoisotopic (exact) mass is 290 g/mol. The average molecular weight is 290 g/mol. The number of hydrogen-bond donors (Lipinski definition) is 1. The highest BCUT2D eigenvalue weighted by atomic mass is 16.5. The zero-order chi connectivity index (χ0) is 15.2. The number of methoxy groups -OCH3 is 1. The molecule has 1 aromatic carbocycles. The molecule has 1 aromatic rings. The fourth-order valence-corrected chi connectivity index (χ4v) is 3.68. The van der Waals surface area contributed by atoms with E-state index in [4.69, 9.17) is 10.5 Å². The lowest BCUT2D eigenvalue weighted by Gasteiger charge is -2.37. The van der Waals surface area contributed by atoms with Crippen LogP contribution in [0.25, 0.3) is 0 Å². The summed E-state index contributed by atoms with van der Waals surface area (Å²) >= 11 is 0. The van der Waals surface area contributed by atoms with Gasteiger partial charge in [-0.1, -0.05) is 43.9 Å². The SMILES string of the molecule is COc1ccccc1C(C(C)N)N(C)C1CCCCCC1. The van der Waals surface area contributed by atoms with Gasteiger partial charge in [-0.25, -0.2) is 0 Å². The van der Waals surface area contributed by atoms with Gasteiger partial charge in [-0.05, 0) is 32.9 Å². The van der Waals surface area contributed by atoms with Gasteiger partial charge in [0.1, 0.15) is 5.75 Å². The van der Waals surface area contributed by atoms with Gasteiger partial charge in [-0.3, -0.25) is 4.90 Å². The Morgan fingerprint density at radius 2 is 1.76 bits per heavy atom. The maximum absolute atomic E-state index is 6.34. The van der Waals surface area contributed by atoms with Crippen LogP contribution in [0.3, 0.4) is 0 Å². The van der Waals surface area contributed by atoms with Gasteiger partial charge in [0.25, 0.3) is 0 Å². The van der Waals surface area contributed by atoms with Crippen LogP contribution in [0.1, 0.15) is 57.1 Å². The molecule has 0 spiro atoms. The molecule has 2 N–H and O–H groups in total. The molecule has 2 rings (SSSR count). The average Bonchev–Trinajstić information content (AvgIpc) is 2.76. The van der Waals surface area contributed by atoms with Crippen LogP contribution in [0.4, 0.5) is 0 Å². The topological polar surface area (TPSA) is 38.5 Å². The fourth-order valence-electron chi connectivity index (χ4n) is 3.68. The third kappa shape index (κ3) is 3.98. The van der Waals surface area contributed by atoms with Crippen molar-refractivity contribution >= 4 is 0 Å². The van der Waals surface area contributed by atoms with E-state index >= 15 is 0 Å². The minimum Gasteiger partial charge on any atom is -0.496 e. The Morgan fingerprint density at radius 3 is 2.33 bits per heavy atom. The highest BCUT2D eigenvalue weighted by Crippen LogP contribution is 2.34. The van der Waals surface area contributed by atoms with E-state index in [1.54, 1.807) is 7.11 Å². The lowest BCUT2D eigenvalue weighted by molar-refractivity contribution is 0.138. The first-order chi connectivity index (χ1) is 10.1. The lowest BCUT2D eigenvalue weighted by Crippen LogP contribution is -2.43. The summed E-state index contributed by atoms with van der Waals surface area (Å²) in [6.45, 7) is 2.10. The predicted molar refractivity (Wildman–Crippen MR) is 88.6 cm³/mol. The first-order valence-electron chi connectivity index (χ1n) is 8.25. The molecule has 1 aliphatic carbocycles. The van der Waals surface area contributed by atoms with E-state index in [1.807, 2.05) is 12.1 Å². The van der Waals surface area contributed by atoms with E-state index in [9.17, 15) is 0 Å². The standard InChI is InChI=1S/C18H30N2O/c1-14(19)18(16-12-8-9-13-17(16)21-3)20(2)15-10-6-4-5-7-11-15/h8-9,12-15,18H,4-7,10-11,19H2,1-3H3. The minimum atomic E-state index is 0.0783. The van der Waals surface area contributed by atoms with Gasteiger partial charge in [0.2, 0.25) is 0 Å². The van der Waals surface area contributed by atoms with E-state index in [1.165, 1.54) is 44.1 Å². The molecule has 2 atom stereocenters. The molecular weight excluding hydrogens is 260 g/mol. The number of nitrogens with zero attached hydrogens (tertiary/aromatic N) is 1. The molecule has 0 aromatic heterocycles. The molecule has 2 unspecified atom stereocenters. The zero-order valence-corrected chi connectivity index (χ0v) is 13.7. The number of rotatable bonds is 5. The van der Waals surface area contributed by atoms with Gasteiger partial charge >= 0.3 is 0 Å². The summed E-state index contributed by atoms with van der Waals surface area (Å²) < 4.78 is 5.56. The number of likely N-dealkylation sites (N-methyl/N-ethyl adjacent to an activating group) is 1.